The zero-order valence-corrected chi connectivity index (χ0v) is 16.4. The van der Waals surface area contributed by atoms with Gasteiger partial charge in [0.25, 0.3) is 5.91 Å². The summed E-state index contributed by atoms with van der Waals surface area (Å²) in [6.45, 7) is 4.64. The number of nitrogens with one attached hydrogen (secondary N) is 2. The molecule has 0 saturated heterocycles. The van der Waals surface area contributed by atoms with Crippen LogP contribution in [-0.4, -0.2) is 24.1 Å². The van der Waals surface area contributed by atoms with Crippen LogP contribution in [0.4, 0.5) is 5.69 Å². The number of hydrogen-bond acceptors (Lipinski definition) is 4. The van der Waals surface area contributed by atoms with Gasteiger partial charge in [-0.2, -0.15) is 0 Å². The summed E-state index contributed by atoms with van der Waals surface area (Å²) in [4.78, 5) is 25.2. The molecule has 27 heavy (non-hydrogen) atoms. The molecule has 1 atom stereocenters. The van der Waals surface area contributed by atoms with Crippen LogP contribution in [0.3, 0.4) is 0 Å². The van der Waals surface area contributed by atoms with Gasteiger partial charge in [-0.05, 0) is 35.2 Å². The first kappa shape index (κ1) is 19.5. The number of fused-ring (bicyclic) bond motifs is 1. The van der Waals surface area contributed by atoms with Crippen LogP contribution >= 0.6 is 11.8 Å². The molecule has 1 heterocycles. The van der Waals surface area contributed by atoms with Crippen molar-refractivity contribution in [3.63, 3.8) is 0 Å². The van der Waals surface area contributed by atoms with Crippen molar-refractivity contribution in [3.8, 4) is 0 Å². The van der Waals surface area contributed by atoms with Crippen LogP contribution in [0, 0.1) is 0 Å². The number of benzene rings is 2. The zero-order chi connectivity index (χ0) is 19.4. The molecule has 5 nitrogen and oxygen atoms in total. The molecule has 0 fully saturated rings. The third-order valence-corrected chi connectivity index (χ3v) is 5.69. The molecule has 1 aliphatic heterocycles. The van der Waals surface area contributed by atoms with Crippen LogP contribution in [0.5, 0.6) is 0 Å². The van der Waals surface area contributed by atoms with E-state index in [9.17, 15) is 9.59 Å². The SMILES string of the molecule is CC(C)c1ccc(C(N)CNC(=O)c2ccc3c(c2)NC(=O)CCS3)cc1. The molecule has 2 amide bonds. The van der Waals surface area contributed by atoms with E-state index < -0.39 is 0 Å². The van der Waals surface area contributed by atoms with E-state index in [2.05, 4.69) is 36.6 Å². The van der Waals surface area contributed by atoms with Crippen LogP contribution in [0.1, 0.15) is 53.7 Å². The minimum atomic E-state index is -0.272. The molecule has 0 aromatic heterocycles. The average Bonchev–Trinajstić information content (AvgIpc) is 2.85. The largest absolute Gasteiger partial charge is 0.350 e. The first-order valence-corrected chi connectivity index (χ1v) is 10.1. The van der Waals surface area contributed by atoms with Gasteiger partial charge in [-0.3, -0.25) is 9.59 Å². The number of rotatable bonds is 5. The van der Waals surface area contributed by atoms with Crippen molar-refractivity contribution in [2.75, 3.05) is 17.6 Å². The first-order chi connectivity index (χ1) is 12.9. The van der Waals surface area contributed by atoms with Crippen LogP contribution in [0.15, 0.2) is 47.4 Å². The second kappa shape index (κ2) is 8.59. The van der Waals surface area contributed by atoms with E-state index in [1.807, 2.05) is 18.2 Å². The topological polar surface area (TPSA) is 84.2 Å². The summed E-state index contributed by atoms with van der Waals surface area (Å²) < 4.78 is 0. The standard InChI is InChI=1S/C21H25N3O2S/c1-13(2)14-3-5-15(6-4-14)17(22)12-23-21(26)16-7-8-19-18(11-16)24-20(25)9-10-27-19/h3-8,11,13,17H,9-10,12,22H2,1-2H3,(H,23,26)(H,24,25). The first-order valence-electron chi connectivity index (χ1n) is 9.14. The second-order valence-corrected chi connectivity index (χ2v) is 8.13. The van der Waals surface area contributed by atoms with Crippen molar-refractivity contribution in [2.45, 2.75) is 37.1 Å². The van der Waals surface area contributed by atoms with E-state index >= 15 is 0 Å². The minimum Gasteiger partial charge on any atom is -0.350 e. The highest BCUT2D eigenvalue weighted by atomic mass is 32.2. The Morgan fingerprint density at radius 2 is 1.89 bits per heavy atom. The third kappa shape index (κ3) is 4.90. The Hall–Kier alpha value is -2.31. The predicted molar refractivity (Wildman–Crippen MR) is 110 cm³/mol. The fourth-order valence-electron chi connectivity index (χ4n) is 2.91. The Morgan fingerprint density at radius 1 is 1.19 bits per heavy atom. The van der Waals surface area contributed by atoms with Gasteiger partial charge in [0.15, 0.2) is 0 Å². The molecular formula is C21H25N3O2S. The summed E-state index contributed by atoms with van der Waals surface area (Å²) >= 11 is 1.62. The van der Waals surface area contributed by atoms with Crippen molar-refractivity contribution in [2.24, 2.45) is 5.73 Å². The predicted octanol–water partition coefficient (Wildman–Crippen LogP) is 3.67. The zero-order valence-electron chi connectivity index (χ0n) is 15.6. The van der Waals surface area contributed by atoms with Crippen molar-refractivity contribution in [1.82, 2.24) is 5.32 Å². The van der Waals surface area contributed by atoms with Gasteiger partial charge in [0.1, 0.15) is 0 Å². The number of amides is 2. The number of thioether (sulfide) groups is 1. The molecule has 4 N–H and O–H groups in total. The second-order valence-electron chi connectivity index (χ2n) is 7.00. The quantitative estimate of drug-likeness (QED) is 0.735. The Balaban J connectivity index is 1.62. The van der Waals surface area contributed by atoms with Gasteiger partial charge in [0, 0.05) is 35.2 Å². The molecule has 3 rings (SSSR count). The van der Waals surface area contributed by atoms with E-state index in [1.54, 1.807) is 23.9 Å². The average molecular weight is 384 g/mol. The van der Waals surface area contributed by atoms with Gasteiger partial charge in [-0.25, -0.2) is 0 Å². The summed E-state index contributed by atoms with van der Waals surface area (Å²) in [5.41, 5.74) is 9.69. The summed E-state index contributed by atoms with van der Waals surface area (Å²) in [7, 11) is 0. The van der Waals surface area contributed by atoms with Crippen molar-refractivity contribution >= 4 is 29.3 Å². The molecule has 1 unspecified atom stereocenters. The molecular weight excluding hydrogens is 358 g/mol. The third-order valence-electron chi connectivity index (χ3n) is 4.62. The van der Waals surface area contributed by atoms with Crippen LogP contribution < -0.4 is 16.4 Å². The van der Waals surface area contributed by atoms with Crippen LogP contribution in [-0.2, 0) is 4.79 Å². The Kier molecular flexibility index (Phi) is 6.19. The fraction of sp³-hybridized carbons (Fsp3) is 0.333. The normalized spacial score (nSPS) is 14.9. The Labute approximate surface area is 164 Å². The van der Waals surface area contributed by atoms with Crippen molar-refractivity contribution in [3.05, 3.63) is 59.2 Å². The maximum atomic E-state index is 12.5. The lowest BCUT2D eigenvalue weighted by atomic mass is 9.99. The number of carbonyl (C=O) groups excluding carboxylic acids is 2. The minimum absolute atomic E-state index is 0.0225. The summed E-state index contributed by atoms with van der Waals surface area (Å²) in [6.07, 6.45) is 0.478. The van der Waals surface area contributed by atoms with Gasteiger partial charge in [0.05, 0.1) is 5.69 Å². The van der Waals surface area contributed by atoms with Gasteiger partial charge < -0.3 is 16.4 Å². The van der Waals surface area contributed by atoms with Gasteiger partial charge in [0.2, 0.25) is 5.91 Å². The van der Waals surface area contributed by atoms with Gasteiger partial charge in [-0.1, -0.05) is 38.1 Å². The van der Waals surface area contributed by atoms with E-state index in [1.165, 1.54) is 5.56 Å². The molecule has 0 radical (unpaired) electrons. The lowest BCUT2D eigenvalue weighted by Gasteiger charge is -2.15. The molecule has 2 aromatic carbocycles. The molecule has 0 saturated carbocycles. The number of anilines is 1. The fourth-order valence-corrected chi connectivity index (χ4v) is 3.85. The number of carbonyl (C=O) groups is 2. The molecule has 2 aromatic rings. The monoisotopic (exact) mass is 383 g/mol. The maximum Gasteiger partial charge on any atom is 0.251 e. The molecule has 6 heteroatoms. The van der Waals surface area contributed by atoms with E-state index in [4.69, 9.17) is 5.73 Å². The van der Waals surface area contributed by atoms with Crippen molar-refractivity contribution in [1.29, 1.82) is 0 Å². The highest BCUT2D eigenvalue weighted by Gasteiger charge is 2.16. The number of nitrogens with two attached hydrogens (primary N) is 1. The number of hydrogen-bond donors (Lipinski definition) is 3. The van der Waals surface area contributed by atoms with E-state index in [0.29, 0.717) is 30.1 Å². The highest BCUT2D eigenvalue weighted by Crippen LogP contribution is 2.31. The Bertz CT molecular complexity index is 834. The lowest BCUT2D eigenvalue weighted by molar-refractivity contribution is -0.115. The molecule has 0 aliphatic carbocycles. The maximum absolute atomic E-state index is 12.5. The lowest BCUT2D eigenvalue weighted by Crippen LogP contribution is -2.32. The van der Waals surface area contributed by atoms with E-state index in [-0.39, 0.29) is 17.9 Å². The summed E-state index contributed by atoms with van der Waals surface area (Å²) in [6, 6.07) is 13.3. The van der Waals surface area contributed by atoms with Gasteiger partial charge in [-0.15, -0.1) is 11.8 Å². The smallest absolute Gasteiger partial charge is 0.251 e. The highest BCUT2D eigenvalue weighted by molar-refractivity contribution is 7.99. The molecule has 142 valence electrons. The molecule has 0 spiro atoms. The Morgan fingerprint density at radius 3 is 2.59 bits per heavy atom. The summed E-state index contributed by atoms with van der Waals surface area (Å²) in [5, 5.41) is 5.74. The molecule has 1 aliphatic rings. The van der Waals surface area contributed by atoms with Gasteiger partial charge >= 0.3 is 0 Å². The molecule has 0 bridgehead atoms. The van der Waals surface area contributed by atoms with E-state index in [0.717, 1.165) is 16.2 Å². The van der Waals surface area contributed by atoms with Crippen molar-refractivity contribution < 1.29 is 9.59 Å². The van der Waals surface area contributed by atoms with Crippen LogP contribution in [0.2, 0.25) is 0 Å². The van der Waals surface area contributed by atoms with Crippen LogP contribution in [0.25, 0.3) is 0 Å². The summed E-state index contributed by atoms with van der Waals surface area (Å²) in [5.74, 6) is 0.998.